The molecule has 23 heavy (non-hydrogen) atoms. The minimum absolute atomic E-state index is 0.0912. The first-order chi connectivity index (χ1) is 11.4. The lowest BCUT2D eigenvalue weighted by molar-refractivity contribution is 0.580. The monoisotopic (exact) mass is 332 g/mol. The minimum atomic E-state index is 0.0912. The van der Waals surface area contributed by atoms with Gasteiger partial charge in [-0.05, 0) is 42.3 Å². The molecule has 1 saturated heterocycles. The highest BCUT2D eigenvalue weighted by atomic mass is 31.1. The van der Waals surface area contributed by atoms with E-state index in [2.05, 4.69) is 44.2 Å². The third-order valence-electron chi connectivity index (χ3n) is 5.46. The zero-order valence-electron chi connectivity index (χ0n) is 15.5. The van der Waals surface area contributed by atoms with Gasteiger partial charge in [0.05, 0.1) is 0 Å². The lowest BCUT2D eigenvalue weighted by atomic mass is 10.0. The van der Waals surface area contributed by atoms with Gasteiger partial charge in [0.2, 0.25) is 0 Å². The van der Waals surface area contributed by atoms with Crippen LogP contribution in [0.1, 0.15) is 90.9 Å². The number of unbranched alkanes of at least 4 members (excludes halogenated alkanes) is 6. The molecule has 1 aliphatic heterocycles. The Morgan fingerprint density at radius 3 is 1.74 bits per heavy atom. The van der Waals surface area contributed by atoms with Gasteiger partial charge in [0.1, 0.15) is 0 Å². The third-order valence-corrected chi connectivity index (χ3v) is 8.96. The SMILES string of the molecule is CCCCCCC1CCC(CCCCCC)P1c1ccccc1. The van der Waals surface area contributed by atoms with Crippen LogP contribution >= 0.6 is 7.92 Å². The normalized spacial score (nSPS) is 24.2. The summed E-state index contributed by atoms with van der Waals surface area (Å²) < 4.78 is 0. The van der Waals surface area contributed by atoms with Crippen molar-refractivity contribution in [3.05, 3.63) is 30.3 Å². The summed E-state index contributed by atoms with van der Waals surface area (Å²) in [6.07, 6.45) is 17.4. The lowest BCUT2D eigenvalue weighted by Crippen LogP contribution is -2.14. The van der Waals surface area contributed by atoms with Crippen molar-refractivity contribution < 1.29 is 0 Å². The van der Waals surface area contributed by atoms with E-state index in [0.717, 1.165) is 11.3 Å². The average Bonchev–Trinajstić information content (AvgIpc) is 2.99. The summed E-state index contributed by atoms with van der Waals surface area (Å²) >= 11 is 0. The lowest BCUT2D eigenvalue weighted by Gasteiger charge is -2.26. The molecule has 0 aliphatic carbocycles. The van der Waals surface area contributed by atoms with Crippen LogP contribution in [0.5, 0.6) is 0 Å². The van der Waals surface area contributed by atoms with E-state index in [4.69, 9.17) is 0 Å². The highest BCUT2D eigenvalue weighted by Crippen LogP contribution is 2.57. The van der Waals surface area contributed by atoms with Crippen LogP contribution in [0.4, 0.5) is 0 Å². The Labute approximate surface area is 146 Å². The Hall–Kier alpha value is -0.350. The molecule has 2 atom stereocenters. The molecule has 0 amide bonds. The smallest absolute Gasteiger partial charge is 0.0166 e. The molecule has 2 unspecified atom stereocenters. The number of hydrogen-bond acceptors (Lipinski definition) is 0. The van der Waals surface area contributed by atoms with E-state index in [-0.39, 0.29) is 7.92 Å². The molecule has 1 aliphatic rings. The molecule has 0 saturated carbocycles. The summed E-state index contributed by atoms with van der Waals surface area (Å²) in [5.74, 6) is 0. The summed E-state index contributed by atoms with van der Waals surface area (Å²) in [6, 6.07) is 11.6. The molecule has 1 fully saturated rings. The van der Waals surface area contributed by atoms with Gasteiger partial charge in [-0.3, -0.25) is 0 Å². The zero-order valence-corrected chi connectivity index (χ0v) is 16.4. The Bertz CT molecular complexity index is 380. The van der Waals surface area contributed by atoms with Crippen LogP contribution in [0, 0.1) is 0 Å². The second-order valence-corrected chi connectivity index (χ2v) is 10.1. The fourth-order valence-corrected chi connectivity index (χ4v) is 7.90. The predicted molar refractivity (Wildman–Crippen MR) is 107 cm³/mol. The number of benzene rings is 1. The van der Waals surface area contributed by atoms with E-state index in [0.29, 0.717) is 0 Å². The van der Waals surface area contributed by atoms with Crippen molar-refractivity contribution in [2.75, 3.05) is 0 Å². The second-order valence-electron chi connectivity index (χ2n) is 7.33. The van der Waals surface area contributed by atoms with E-state index in [1.54, 1.807) is 5.30 Å². The van der Waals surface area contributed by atoms with Crippen molar-refractivity contribution in [2.24, 2.45) is 0 Å². The maximum Gasteiger partial charge on any atom is -0.0166 e. The van der Waals surface area contributed by atoms with Crippen LogP contribution in [-0.4, -0.2) is 11.3 Å². The van der Waals surface area contributed by atoms with E-state index in [1.165, 1.54) is 77.0 Å². The Kier molecular flexibility index (Phi) is 9.28. The number of rotatable bonds is 11. The molecule has 0 N–H and O–H groups in total. The van der Waals surface area contributed by atoms with E-state index in [1.807, 2.05) is 0 Å². The topological polar surface area (TPSA) is 0 Å². The molecule has 1 aromatic carbocycles. The molecule has 130 valence electrons. The van der Waals surface area contributed by atoms with Gasteiger partial charge in [-0.2, -0.15) is 0 Å². The van der Waals surface area contributed by atoms with Crippen molar-refractivity contribution >= 4 is 13.2 Å². The van der Waals surface area contributed by atoms with Crippen molar-refractivity contribution in [1.82, 2.24) is 0 Å². The molecular weight excluding hydrogens is 295 g/mol. The highest BCUT2D eigenvalue weighted by molar-refractivity contribution is 7.67. The average molecular weight is 333 g/mol. The van der Waals surface area contributed by atoms with E-state index in [9.17, 15) is 0 Å². The summed E-state index contributed by atoms with van der Waals surface area (Å²) in [4.78, 5) is 0. The van der Waals surface area contributed by atoms with Crippen LogP contribution in [0.3, 0.4) is 0 Å². The first-order valence-electron chi connectivity index (χ1n) is 10.2. The summed E-state index contributed by atoms with van der Waals surface area (Å²) in [6.45, 7) is 4.64. The van der Waals surface area contributed by atoms with Crippen molar-refractivity contribution in [3.8, 4) is 0 Å². The summed E-state index contributed by atoms with van der Waals surface area (Å²) in [5.41, 5.74) is 2.03. The van der Waals surface area contributed by atoms with Crippen molar-refractivity contribution in [2.45, 2.75) is 102 Å². The molecule has 0 nitrogen and oxygen atoms in total. The molecule has 1 heterocycles. The molecule has 0 spiro atoms. The Morgan fingerprint density at radius 1 is 0.739 bits per heavy atom. The zero-order chi connectivity index (χ0) is 16.3. The quantitative estimate of drug-likeness (QED) is 0.295. The van der Waals surface area contributed by atoms with Gasteiger partial charge < -0.3 is 0 Å². The van der Waals surface area contributed by atoms with Crippen LogP contribution < -0.4 is 5.30 Å². The van der Waals surface area contributed by atoms with Gasteiger partial charge in [0.15, 0.2) is 0 Å². The van der Waals surface area contributed by atoms with Crippen LogP contribution in [0.15, 0.2) is 30.3 Å². The molecule has 1 aromatic rings. The fraction of sp³-hybridized carbons (Fsp3) is 0.727. The van der Waals surface area contributed by atoms with Gasteiger partial charge in [-0.1, -0.05) is 103 Å². The molecule has 0 radical (unpaired) electrons. The molecule has 2 rings (SSSR count). The first-order valence-corrected chi connectivity index (χ1v) is 11.7. The van der Waals surface area contributed by atoms with Crippen molar-refractivity contribution in [3.63, 3.8) is 0 Å². The largest absolute Gasteiger partial charge is 0.0690 e. The molecule has 0 bridgehead atoms. The first kappa shape index (κ1) is 19.0. The fourth-order valence-electron chi connectivity index (χ4n) is 4.16. The van der Waals surface area contributed by atoms with Crippen LogP contribution in [0.2, 0.25) is 0 Å². The van der Waals surface area contributed by atoms with Gasteiger partial charge >= 0.3 is 0 Å². The van der Waals surface area contributed by atoms with Gasteiger partial charge in [0.25, 0.3) is 0 Å². The van der Waals surface area contributed by atoms with Crippen LogP contribution in [-0.2, 0) is 0 Å². The van der Waals surface area contributed by atoms with Gasteiger partial charge in [-0.15, -0.1) is 0 Å². The highest BCUT2D eigenvalue weighted by Gasteiger charge is 2.35. The van der Waals surface area contributed by atoms with Gasteiger partial charge in [0, 0.05) is 0 Å². The second kappa shape index (κ2) is 11.2. The predicted octanol–water partition coefficient (Wildman–Crippen LogP) is 7.27. The third kappa shape index (κ3) is 6.22. The van der Waals surface area contributed by atoms with E-state index < -0.39 is 0 Å². The maximum absolute atomic E-state index is 2.43. The summed E-state index contributed by atoms with van der Waals surface area (Å²) in [7, 11) is 0.0912. The minimum Gasteiger partial charge on any atom is -0.0690 e. The molecule has 1 heteroatoms. The summed E-state index contributed by atoms with van der Waals surface area (Å²) in [5, 5.41) is 1.70. The maximum atomic E-state index is 2.43. The van der Waals surface area contributed by atoms with Crippen LogP contribution in [0.25, 0.3) is 0 Å². The molecule has 0 aromatic heterocycles. The molecular formula is C22H37P. The van der Waals surface area contributed by atoms with Gasteiger partial charge in [-0.25, -0.2) is 0 Å². The standard InChI is InChI=1S/C22H37P/c1-3-5-7-10-16-21-18-19-22(17-11-8-6-4-2)23(21)20-14-12-9-13-15-20/h9,12-15,21-22H,3-8,10-11,16-19H2,1-2H3. The Morgan fingerprint density at radius 2 is 1.26 bits per heavy atom. The van der Waals surface area contributed by atoms with E-state index >= 15 is 0 Å². The number of hydrogen-bond donors (Lipinski definition) is 0. The van der Waals surface area contributed by atoms with Crippen molar-refractivity contribution in [1.29, 1.82) is 0 Å². The Balaban J connectivity index is 1.93.